The number of carbonyl (C=O) groups excluding carboxylic acids is 1. The number of nitrogens with zero attached hydrogens (tertiary/aromatic N) is 3. The summed E-state index contributed by atoms with van der Waals surface area (Å²) in [6, 6.07) is 21.1. The number of aromatic nitrogens is 1. The molecule has 1 amide bonds. The number of piperazine rings is 1. The van der Waals surface area contributed by atoms with Gasteiger partial charge in [0.25, 0.3) is 0 Å². The molecule has 8 heteroatoms. The van der Waals surface area contributed by atoms with E-state index in [2.05, 4.69) is 9.88 Å². The molecule has 2 N–H and O–H groups in total. The third-order valence-corrected chi connectivity index (χ3v) is 7.70. The van der Waals surface area contributed by atoms with Gasteiger partial charge >= 0.3 is 0 Å². The molecular weight excluding hydrogens is 506 g/mol. The first-order valence-electron chi connectivity index (χ1n) is 13.3. The molecule has 1 aliphatic heterocycles. The van der Waals surface area contributed by atoms with Crippen LogP contribution in [-0.2, 0) is 4.79 Å². The molecule has 2 aromatic heterocycles. The van der Waals surface area contributed by atoms with Crippen molar-refractivity contribution >= 4 is 27.8 Å². The third-order valence-electron chi connectivity index (χ3n) is 7.70. The highest BCUT2D eigenvalue weighted by Crippen LogP contribution is 2.44. The Bertz CT molecular complexity index is 1770. The van der Waals surface area contributed by atoms with E-state index in [0.29, 0.717) is 24.4 Å². The lowest BCUT2D eigenvalue weighted by Crippen LogP contribution is -2.47. The Labute approximate surface area is 230 Å². The predicted molar refractivity (Wildman–Crippen MR) is 154 cm³/mol. The average Bonchev–Trinajstić information content (AvgIpc) is 2.96. The predicted octanol–water partition coefficient (Wildman–Crippen LogP) is 4.72. The minimum atomic E-state index is -0.683. The number of pyridine rings is 1. The number of phenolic OH excluding ortho intramolecular Hbond substituents is 2. The summed E-state index contributed by atoms with van der Waals surface area (Å²) in [5.74, 6) is -1.09. The van der Waals surface area contributed by atoms with Gasteiger partial charge < -0.3 is 24.4 Å². The van der Waals surface area contributed by atoms with Crippen molar-refractivity contribution in [3.63, 3.8) is 0 Å². The molecule has 3 aromatic carbocycles. The van der Waals surface area contributed by atoms with E-state index in [4.69, 9.17) is 4.42 Å². The maximum absolute atomic E-state index is 13.7. The second-order valence-corrected chi connectivity index (χ2v) is 10.2. The molecule has 1 atom stereocenters. The molecule has 40 heavy (non-hydrogen) atoms. The third kappa shape index (κ3) is 4.67. The molecular formula is C32H29N3O5. The lowest BCUT2D eigenvalue weighted by atomic mass is 9.84. The summed E-state index contributed by atoms with van der Waals surface area (Å²) in [5, 5.41) is 22.9. The normalized spacial score (nSPS) is 15.0. The van der Waals surface area contributed by atoms with Crippen molar-refractivity contribution in [3.8, 4) is 22.8 Å². The summed E-state index contributed by atoms with van der Waals surface area (Å²) in [5.41, 5.74) is 2.08. The van der Waals surface area contributed by atoms with Crippen LogP contribution in [0.2, 0.25) is 0 Å². The largest absolute Gasteiger partial charge is 0.507 e. The Kier molecular flexibility index (Phi) is 6.69. The summed E-state index contributed by atoms with van der Waals surface area (Å²) in [7, 11) is 2.03. The number of para-hydroxylation sites is 1. The molecule has 0 bridgehead atoms. The van der Waals surface area contributed by atoms with Gasteiger partial charge in [-0.1, -0.05) is 48.5 Å². The summed E-state index contributed by atoms with van der Waals surface area (Å²) < 4.78 is 6.31. The van der Waals surface area contributed by atoms with Crippen LogP contribution in [0.15, 0.2) is 88.2 Å². The molecule has 3 heterocycles. The van der Waals surface area contributed by atoms with Crippen molar-refractivity contribution in [2.45, 2.75) is 12.3 Å². The van der Waals surface area contributed by atoms with Crippen LogP contribution in [-0.4, -0.2) is 64.1 Å². The summed E-state index contributed by atoms with van der Waals surface area (Å²) >= 11 is 0. The molecule has 1 unspecified atom stereocenters. The lowest BCUT2D eigenvalue weighted by molar-refractivity contribution is -0.133. The standard InChI is InChI=1S/C32H29N3O5/c1-34-13-15-35(16-14-34)29(39)17-23(21-11-12-33-24-10-6-5-9-22(21)24)30-25(36)18-26(37)31-27(38)19-28(40-32(30)31)20-7-3-2-4-8-20/h2-12,18-19,23,36-37H,13-17H2,1H3. The van der Waals surface area contributed by atoms with Gasteiger partial charge in [0.2, 0.25) is 5.91 Å². The van der Waals surface area contributed by atoms with Gasteiger partial charge in [-0.3, -0.25) is 14.6 Å². The highest BCUT2D eigenvalue weighted by molar-refractivity contribution is 5.92. The van der Waals surface area contributed by atoms with Crippen LogP contribution >= 0.6 is 0 Å². The van der Waals surface area contributed by atoms with Gasteiger partial charge in [-0.05, 0) is 24.7 Å². The van der Waals surface area contributed by atoms with E-state index in [1.165, 1.54) is 6.07 Å². The number of benzene rings is 3. The van der Waals surface area contributed by atoms with Crippen molar-refractivity contribution in [3.05, 3.63) is 100 Å². The number of rotatable bonds is 5. The average molecular weight is 536 g/mol. The first-order valence-corrected chi connectivity index (χ1v) is 13.3. The number of amides is 1. The number of likely N-dealkylation sites (N-methyl/N-ethyl adjacent to an activating group) is 1. The molecule has 0 aliphatic carbocycles. The van der Waals surface area contributed by atoms with E-state index < -0.39 is 11.3 Å². The number of aromatic hydroxyl groups is 2. The van der Waals surface area contributed by atoms with Gasteiger partial charge in [-0.25, -0.2) is 0 Å². The summed E-state index contributed by atoms with van der Waals surface area (Å²) in [6.45, 7) is 2.76. The van der Waals surface area contributed by atoms with E-state index in [1.807, 2.05) is 72.6 Å². The fourth-order valence-corrected chi connectivity index (χ4v) is 5.55. The number of carbonyl (C=O) groups is 1. The number of hydrogen-bond acceptors (Lipinski definition) is 7. The molecule has 1 fully saturated rings. The van der Waals surface area contributed by atoms with Crippen LogP contribution in [0.4, 0.5) is 0 Å². The molecule has 8 nitrogen and oxygen atoms in total. The molecule has 0 saturated carbocycles. The first-order chi connectivity index (χ1) is 19.4. The second kappa shape index (κ2) is 10.5. The minimum Gasteiger partial charge on any atom is -0.507 e. The molecule has 5 aromatic rings. The highest BCUT2D eigenvalue weighted by Gasteiger charge is 2.31. The minimum absolute atomic E-state index is 0.0322. The molecule has 0 spiro atoms. The Morgan fingerprint density at radius 2 is 1.68 bits per heavy atom. The Balaban J connectivity index is 1.59. The van der Waals surface area contributed by atoms with Crippen molar-refractivity contribution < 1.29 is 19.4 Å². The van der Waals surface area contributed by atoms with E-state index in [1.54, 1.807) is 6.20 Å². The van der Waals surface area contributed by atoms with Gasteiger partial charge in [0, 0.05) is 73.4 Å². The van der Waals surface area contributed by atoms with Crippen LogP contribution in [0, 0.1) is 0 Å². The fourth-order valence-electron chi connectivity index (χ4n) is 5.55. The fraction of sp³-hybridized carbons (Fsp3) is 0.219. The van der Waals surface area contributed by atoms with Gasteiger partial charge in [0.15, 0.2) is 5.43 Å². The maximum Gasteiger partial charge on any atom is 0.223 e. The van der Waals surface area contributed by atoms with E-state index in [9.17, 15) is 19.8 Å². The zero-order valence-corrected chi connectivity index (χ0v) is 22.1. The number of hydrogen-bond donors (Lipinski definition) is 2. The molecule has 202 valence electrons. The topological polar surface area (TPSA) is 107 Å². The highest BCUT2D eigenvalue weighted by atomic mass is 16.3. The van der Waals surface area contributed by atoms with Crippen LogP contribution in [0.25, 0.3) is 33.2 Å². The Hall–Kier alpha value is -4.69. The lowest BCUT2D eigenvalue weighted by Gasteiger charge is -2.33. The van der Waals surface area contributed by atoms with Gasteiger partial charge in [-0.2, -0.15) is 0 Å². The molecule has 1 aliphatic rings. The van der Waals surface area contributed by atoms with Gasteiger partial charge in [-0.15, -0.1) is 0 Å². The van der Waals surface area contributed by atoms with Crippen LogP contribution in [0.1, 0.15) is 23.5 Å². The molecule has 1 saturated heterocycles. The summed E-state index contributed by atoms with van der Waals surface area (Å²) in [6.07, 6.45) is 1.71. The van der Waals surface area contributed by atoms with E-state index in [-0.39, 0.29) is 40.4 Å². The summed E-state index contributed by atoms with van der Waals surface area (Å²) in [4.78, 5) is 35.6. The smallest absolute Gasteiger partial charge is 0.223 e. The van der Waals surface area contributed by atoms with E-state index >= 15 is 0 Å². The van der Waals surface area contributed by atoms with Crippen molar-refractivity contribution in [2.75, 3.05) is 33.2 Å². The zero-order chi connectivity index (χ0) is 27.8. The maximum atomic E-state index is 13.7. The SMILES string of the molecule is CN1CCN(C(=O)CC(c2ccnc3ccccc23)c2c(O)cc(O)c3c(=O)cc(-c4ccccc4)oc23)CC1. The monoisotopic (exact) mass is 535 g/mol. The van der Waals surface area contributed by atoms with Crippen molar-refractivity contribution in [2.24, 2.45) is 0 Å². The Morgan fingerprint density at radius 3 is 2.45 bits per heavy atom. The number of phenols is 2. The van der Waals surface area contributed by atoms with Gasteiger partial charge in [0.05, 0.1) is 5.52 Å². The van der Waals surface area contributed by atoms with Crippen molar-refractivity contribution in [1.82, 2.24) is 14.8 Å². The quantitative estimate of drug-likeness (QED) is 0.336. The van der Waals surface area contributed by atoms with Crippen LogP contribution < -0.4 is 5.43 Å². The van der Waals surface area contributed by atoms with E-state index in [0.717, 1.165) is 35.6 Å². The van der Waals surface area contributed by atoms with Crippen molar-refractivity contribution in [1.29, 1.82) is 0 Å². The first kappa shape index (κ1) is 25.6. The van der Waals surface area contributed by atoms with Crippen LogP contribution in [0.3, 0.4) is 0 Å². The molecule has 0 radical (unpaired) electrons. The molecule has 6 rings (SSSR count). The van der Waals surface area contributed by atoms with Crippen LogP contribution in [0.5, 0.6) is 11.5 Å². The second-order valence-electron chi connectivity index (χ2n) is 10.2. The van der Waals surface area contributed by atoms with Gasteiger partial charge in [0.1, 0.15) is 28.2 Å². The zero-order valence-electron chi connectivity index (χ0n) is 22.1. The number of fused-ring (bicyclic) bond motifs is 2. The Morgan fingerprint density at radius 1 is 0.950 bits per heavy atom.